The van der Waals surface area contributed by atoms with Gasteiger partial charge in [0.05, 0.1) is 5.76 Å². The van der Waals surface area contributed by atoms with Gasteiger partial charge in [-0.3, -0.25) is 0 Å². The third-order valence-corrected chi connectivity index (χ3v) is 1.45. The van der Waals surface area contributed by atoms with Crippen molar-refractivity contribution in [3.8, 4) is 0 Å². The van der Waals surface area contributed by atoms with E-state index >= 15 is 0 Å². The molecule has 2 heteroatoms. The molecule has 0 aliphatic heterocycles. The van der Waals surface area contributed by atoms with Crippen LogP contribution in [0.2, 0.25) is 0 Å². The minimum absolute atomic E-state index is 0. The third kappa shape index (κ3) is 3.84. The Balaban J connectivity index is 0.000000810. The van der Waals surface area contributed by atoms with Crippen molar-refractivity contribution in [3.05, 3.63) is 24.0 Å². The van der Waals surface area contributed by atoms with Gasteiger partial charge in [0, 0.05) is 25.9 Å². The van der Waals surface area contributed by atoms with Crippen LogP contribution in [0.5, 0.6) is 0 Å². The Morgan fingerprint density at radius 2 is 1.80 bits per heavy atom. The van der Waals surface area contributed by atoms with Crippen molar-refractivity contribution in [1.29, 1.82) is 0 Å². The van der Waals surface area contributed by atoms with Crippen LogP contribution in [0, 0.1) is 0 Å². The maximum Gasteiger partial charge on any atom is 0.0886 e. The molecule has 0 atom stereocenters. The third-order valence-electron chi connectivity index (χ3n) is 1.45. The fourth-order valence-corrected chi connectivity index (χ4v) is 0.915. The molecule has 10 heavy (non-hydrogen) atoms. The molecule has 0 fully saturated rings. The minimum atomic E-state index is 0. The zero-order valence-electron chi connectivity index (χ0n) is 5.84. The van der Waals surface area contributed by atoms with Crippen LogP contribution in [-0.2, 0) is 19.5 Å². The first-order chi connectivity index (χ1) is 4.39. The predicted molar refractivity (Wildman–Crippen MR) is 38.3 cm³/mol. The van der Waals surface area contributed by atoms with Gasteiger partial charge in [0.2, 0.25) is 0 Å². The van der Waals surface area contributed by atoms with Crippen LogP contribution in [0.1, 0.15) is 25.7 Å². The summed E-state index contributed by atoms with van der Waals surface area (Å²) < 4.78 is 0. The van der Waals surface area contributed by atoms with Gasteiger partial charge in [-0.1, -0.05) is 12.2 Å². The topological polar surface area (TPSA) is 20.2 Å². The molecule has 0 bridgehead atoms. The molecule has 0 heterocycles. The molecule has 59 valence electrons. The second-order valence-corrected chi connectivity index (χ2v) is 2.28. The van der Waals surface area contributed by atoms with Crippen molar-refractivity contribution >= 4 is 0 Å². The van der Waals surface area contributed by atoms with Crippen molar-refractivity contribution in [1.82, 2.24) is 0 Å². The molecule has 1 aliphatic rings. The number of hydrogen-bond acceptors (Lipinski definition) is 1. The maximum atomic E-state index is 9.04. The molecule has 1 N–H and O–H groups in total. The van der Waals surface area contributed by atoms with E-state index in [1.165, 1.54) is 0 Å². The van der Waals surface area contributed by atoms with Crippen LogP contribution in [0.25, 0.3) is 0 Å². The number of allylic oxidation sites excluding steroid dienone is 4. The molecule has 0 saturated carbocycles. The number of rotatable bonds is 0. The summed E-state index contributed by atoms with van der Waals surface area (Å²) in [7, 11) is 0. The first-order valence-corrected chi connectivity index (χ1v) is 3.42. The van der Waals surface area contributed by atoms with Gasteiger partial charge < -0.3 is 5.11 Å². The number of aliphatic hydroxyl groups is 1. The summed E-state index contributed by atoms with van der Waals surface area (Å²) in [6.07, 6.45) is 10.1. The predicted octanol–water partition coefficient (Wildman–Crippen LogP) is 2.56. The van der Waals surface area contributed by atoms with Crippen LogP contribution < -0.4 is 0 Å². The smallest absolute Gasteiger partial charge is 0.0886 e. The van der Waals surface area contributed by atoms with E-state index in [-0.39, 0.29) is 19.5 Å². The Morgan fingerprint density at radius 1 is 1.10 bits per heavy atom. The Labute approximate surface area is 74.6 Å². The Hall–Kier alpha value is -0.0966. The Morgan fingerprint density at radius 3 is 2.60 bits per heavy atom. The molecule has 1 radical (unpaired) electrons. The molecule has 1 aliphatic carbocycles. The first kappa shape index (κ1) is 9.90. The first-order valence-electron chi connectivity index (χ1n) is 3.42. The fourth-order valence-electron chi connectivity index (χ4n) is 0.915. The summed E-state index contributed by atoms with van der Waals surface area (Å²) in [5, 5.41) is 9.04. The van der Waals surface area contributed by atoms with Gasteiger partial charge in [-0.25, -0.2) is 0 Å². The fraction of sp³-hybridized carbons (Fsp3) is 0.500. The summed E-state index contributed by atoms with van der Waals surface area (Å²) in [6, 6.07) is 0. The standard InChI is InChI=1S/C8H12O.Rh/c9-8-6-4-2-1-3-5-7-8;/h1-2,7,9H,3-6H2;. The summed E-state index contributed by atoms with van der Waals surface area (Å²) in [4.78, 5) is 0. The quantitative estimate of drug-likeness (QED) is 0.498. The van der Waals surface area contributed by atoms with E-state index in [0.29, 0.717) is 5.76 Å². The van der Waals surface area contributed by atoms with Gasteiger partial charge in [0.15, 0.2) is 0 Å². The average Bonchev–Trinajstić information content (AvgIpc) is 1.79. The summed E-state index contributed by atoms with van der Waals surface area (Å²) in [5.74, 6) is 0.555. The van der Waals surface area contributed by atoms with Crippen molar-refractivity contribution in [2.75, 3.05) is 0 Å². The normalized spacial score (nSPS) is 18.2. The van der Waals surface area contributed by atoms with Crippen LogP contribution in [0.4, 0.5) is 0 Å². The maximum absolute atomic E-state index is 9.04. The van der Waals surface area contributed by atoms with E-state index in [1.807, 2.05) is 6.08 Å². The van der Waals surface area contributed by atoms with E-state index in [0.717, 1.165) is 25.7 Å². The van der Waals surface area contributed by atoms with Gasteiger partial charge >= 0.3 is 0 Å². The molecule has 0 amide bonds. The molecular formula is C8H12ORh. The van der Waals surface area contributed by atoms with Crippen LogP contribution in [0.15, 0.2) is 24.0 Å². The molecule has 0 aromatic rings. The van der Waals surface area contributed by atoms with Gasteiger partial charge in [0.1, 0.15) is 0 Å². The average molecular weight is 227 g/mol. The van der Waals surface area contributed by atoms with Gasteiger partial charge in [-0.2, -0.15) is 0 Å². The second kappa shape index (κ2) is 5.67. The van der Waals surface area contributed by atoms with Gasteiger partial charge in [-0.05, 0) is 25.3 Å². The van der Waals surface area contributed by atoms with Crippen molar-refractivity contribution in [2.45, 2.75) is 25.7 Å². The SMILES string of the molecule is OC1=CCCC=CCC1.[Rh]. The van der Waals surface area contributed by atoms with Crippen LogP contribution in [0.3, 0.4) is 0 Å². The summed E-state index contributed by atoms with van der Waals surface area (Å²) >= 11 is 0. The van der Waals surface area contributed by atoms with E-state index in [4.69, 9.17) is 5.11 Å². The van der Waals surface area contributed by atoms with Gasteiger partial charge in [0.25, 0.3) is 0 Å². The largest absolute Gasteiger partial charge is 0.513 e. The number of hydrogen-bond donors (Lipinski definition) is 1. The van der Waals surface area contributed by atoms with E-state index in [9.17, 15) is 0 Å². The second-order valence-electron chi connectivity index (χ2n) is 2.28. The molecule has 1 nitrogen and oxygen atoms in total. The Kier molecular flexibility index (Phi) is 5.62. The van der Waals surface area contributed by atoms with E-state index in [2.05, 4.69) is 12.2 Å². The van der Waals surface area contributed by atoms with Crippen LogP contribution in [-0.4, -0.2) is 5.11 Å². The Bertz CT molecular complexity index is 138. The van der Waals surface area contributed by atoms with Crippen molar-refractivity contribution in [2.24, 2.45) is 0 Å². The zero-order valence-corrected chi connectivity index (χ0v) is 7.48. The minimum Gasteiger partial charge on any atom is -0.513 e. The molecular weight excluding hydrogens is 215 g/mol. The van der Waals surface area contributed by atoms with Gasteiger partial charge in [-0.15, -0.1) is 0 Å². The summed E-state index contributed by atoms with van der Waals surface area (Å²) in [5.41, 5.74) is 0. The van der Waals surface area contributed by atoms with Crippen LogP contribution >= 0.6 is 0 Å². The monoisotopic (exact) mass is 227 g/mol. The molecule has 0 aromatic carbocycles. The van der Waals surface area contributed by atoms with E-state index < -0.39 is 0 Å². The summed E-state index contributed by atoms with van der Waals surface area (Å²) in [6.45, 7) is 0. The molecule has 0 aromatic heterocycles. The zero-order chi connectivity index (χ0) is 6.53. The molecule has 0 spiro atoms. The molecule has 0 saturated heterocycles. The molecule has 0 unspecified atom stereocenters. The molecule has 1 rings (SSSR count). The van der Waals surface area contributed by atoms with Crippen molar-refractivity contribution in [3.63, 3.8) is 0 Å². The van der Waals surface area contributed by atoms with Crippen molar-refractivity contribution < 1.29 is 24.6 Å². The van der Waals surface area contributed by atoms with E-state index in [1.54, 1.807) is 0 Å². The number of aliphatic hydroxyl groups excluding tert-OH is 1.